The molecule has 6 heteroatoms. The molecule has 0 fully saturated rings. The van der Waals surface area contributed by atoms with Crippen molar-refractivity contribution < 1.29 is 8.42 Å². The summed E-state index contributed by atoms with van der Waals surface area (Å²) < 4.78 is 24.6. The van der Waals surface area contributed by atoms with Gasteiger partial charge in [-0.3, -0.25) is 0 Å². The van der Waals surface area contributed by atoms with E-state index in [4.69, 9.17) is 17.3 Å². The molecule has 0 unspecified atom stereocenters. The molecule has 0 aliphatic rings. The van der Waals surface area contributed by atoms with Crippen LogP contribution in [-0.2, 0) is 9.84 Å². The molecule has 3 nitrogen and oxygen atoms in total. The third-order valence-electron chi connectivity index (χ3n) is 2.45. The normalized spacial score (nSPS) is 11.6. The first-order valence-electron chi connectivity index (χ1n) is 4.77. The highest BCUT2D eigenvalue weighted by atomic mass is 35.5. The summed E-state index contributed by atoms with van der Waals surface area (Å²) in [5, 5.41) is 2.59. The van der Waals surface area contributed by atoms with E-state index in [0.717, 1.165) is 0 Å². The molecule has 17 heavy (non-hydrogen) atoms. The van der Waals surface area contributed by atoms with Gasteiger partial charge in [0, 0.05) is 16.0 Å². The van der Waals surface area contributed by atoms with E-state index >= 15 is 0 Å². The molecule has 1 aromatic heterocycles. The van der Waals surface area contributed by atoms with Gasteiger partial charge in [-0.2, -0.15) is 0 Å². The van der Waals surface area contributed by atoms with E-state index in [-0.39, 0.29) is 9.79 Å². The van der Waals surface area contributed by atoms with E-state index in [2.05, 4.69) is 0 Å². The Balaban J connectivity index is 2.58. The zero-order chi connectivity index (χ0) is 12.6. The van der Waals surface area contributed by atoms with Crippen molar-refractivity contribution in [3.8, 4) is 0 Å². The van der Waals surface area contributed by atoms with Crippen LogP contribution in [0.3, 0.4) is 0 Å². The second kappa shape index (κ2) is 4.33. The van der Waals surface area contributed by atoms with E-state index in [1.165, 1.54) is 23.5 Å². The van der Waals surface area contributed by atoms with E-state index in [1.807, 2.05) is 0 Å². The van der Waals surface area contributed by atoms with Crippen LogP contribution in [0.1, 0.15) is 5.56 Å². The van der Waals surface area contributed by atoms with Gasteiger partial charge in [0.2, 0.25) is 9.84 Å². The molecule has 0 saturated carbocycles. The first-order valence-corrected chi connectivity index (χ1v) is 7.51. The molecule has 0 bridgehead atoms. The number of sulfone groups is 1. The average Bonchev–Trinajstić information content (AvgIpc) is 2.61. The zero-order valence-electron chi connectivity index (χ0n) is 8.98. The van der Waals surface area contributed by atoms with Crippen molar-refractivity contribution >= 4 is 37.8 Å². The Labute approximate surface area is 109 Å². The number of nitrogen functional groups attached to an aromatic ring is 1. The van der Waals surface area contributed by atoms with Gasteiger partial charge >= 0.3 is 0 Å². The number of hydrogen-bond acceptors (Lipinski definition) is 4. The molecule has 0 aliphatic heterocycles. The Kier molecular flexibility index (Phi) is 3.16. The van der Waals surface area contributed by atoms with Crippen molar-refractivity contribution in [2.24, 2.45) is 0 Å². The Morgan fingerprint density at radius 2 is 1.82 bits per heavy atom. The monoisotopic (exact) mass is 287 g/mol. The van der Waals surface area contributed by atoms with Gasteiger partial charge in [0.15, 0.2) is 0 Å². The third-order valence-corrected chi connectivity index (χ3v) is 5.66. The van der Waals surface area contributed by atoms with Gasteiger partial charge < -0.3 is 5.73 Å². The van der Waals surface area contributed by atoms with Crippen LogP contribution in [0.15, 0.2) is 39.4 Å². The van der Waals surface area contributed by atoms with Crippen molar-refractivity contribution in [2.45, 2.75) is 16.7 Å². The zero-order valence-corrected chi connectivity index (χ0v) is 11.4. The predicted molar refractivity (Wildman–Crippen MR) is 70.4 cm³/mol. The molecular weight excluding hydrogens is 278 g/mol. The summed E-state index contributed by atoms with van der Waals surface area (Å²) in [6.45, 7) is 1.70. The molecule has 0 amide bonds. The number of halogens is 1. The lowest BCUT2D eigenvalue weighted by Gasteiger charge is -2.04. The number of rotatable bonds is 2. The Morgan fingerprint density at radius 3 is 2.29 bits per heavy atom. The van der Waals surface area contributed by atoms with Crippen molar-refractivity contribution in [3.63, 3.8) is 0 Å². The second-order valence-corrected chi connectivity index (χ2v) is 6.81. The van der Waals surface area contributed by atoms with Crippen LogP contribution in [0.2, 0.25) is 5.02 Å². The van der Waals surface area contributed by atoms with Gasteiger partial charge in [0.25, 0.3) is 0 Å². The quantitative estimate of drug-likeness (QED) is 0.923. The lowest BCUT2D eigenvalue weighted by atomic mass is 10.4. The minimum absolute atomic E-state index is 0.225. The van der Waals surface area contributed by atoms with Crippen LogP contribution < -0.4 is 5.73 Å². The second-order valence-electron chi connectivity index (χ2n) is 3.55. The lowest BCUT2D eigenvalue weighted by Crippen LogP contribution is -2.02. The molecule has 2 N–H and O–H groups in total. The van der Waals surface area contributed by atoms with E-state index in [9.17, 15) is 8.42 Å². The minimum Gasteiger partial charge on any atom is -0.390 e. The van der Waals surface area contributed by atoms with Crippen LogP contribution in [0.25, 0.3) is 0 Å². The topological polar surface area (TPSA) is 60.2 Å². The number of hydrogen-bond donors (Lipinski definition) is 1. The molecule has 90 valence electrons. The summed E-state index contributed by atoms with van der Waals surface area (Å²) in [6, 6.07) is 6.09. The third kappa shape index (κ3) is 2.18. The van der Waals surface area contributed by atoms with Gasteiger partial charge in [-0.05, 0) is 31.2 Å². The largest absolute Gasteiger partial charge is 0.390 e. The first-order chi connectivity index (χ1) is 7.93. The van der Waals surface area contributed by atoms with Crippen LogP contribution in [0.4, 0.5) is 5.00 Å². The minimum atomic E-state index is -3.49. The number of anilines is 1. The SMILES string of the molecule is Cc1c(S(=O)(=O)c2ccc(Cl)cc2)csc1N. The Bertz CT molecular complexity index is 645. The summed E-state index contributed by atoms with van der Waals surface area (Å²) in [7, 11) is -3.49. The van der Waals surface area contributed by atoms with Gasteiger partial charge in [0.1, 0.15) is 0 Å². The first kappa shape index (κ1) is 12.4. The van der Waals surface area contributed by atoms with Crippen molar-refractivity contribution in [1.29, 1.82) is 0 Å². The van der Waals surface area contributed by atoms with Gasteiger partial charge in [-0.1, -0.05) is 11.6 Å². The fourth-order valence-corrected chi connectivity index (χ4v) is 4.22. The maximum Gasteiger partial charge on any atom is 0.207 e. The summed E-state index contributed by atoms with van der Waals surface area (Å²) in [6.07, 6.45) is 0. The molecule has 1 aromatic carbocycles. The van der Waals surface area contributed by atoms with Crippen LogP contribution in [0, 0.1) is 6.92 Å². The maximum atomic E-state index is 12.3. The Morgan fingerprint density at radius 1 is 1.24 bits per heavy atom. The summed E-state index contributed by atoms with van der Waals surface area (Å²) in [4.78, 5) is 0.491. The molecular formula is C11H10ClNO2S2. The smallest absolute Gasteiger partial charge is 0.207 e. The van der Waals surface area contributed by atoms with Crippen molar-refractivity contribution in [3.05, 3.63) is 40.2 Å². The standard InChI is InChI=1S/C11H10ClNO2S2/c1-7-10(6-16-11(7)13)17(14,15)9-4-2-8(12)3-5-9/h2-6H,13H2,1H3. The van der Waals surface area contributed by atoms with Crippen LogP contribution >= 0.6 is 22.9 Å². The van der Waals surface area contributed by atoms with Gasteiger partial charge in [-0.25, -0.2) is 8.42 Å². The summed E-state index contributed by atoms with van der Waals surface area (Å²) in [5.74, 6) is 0. The highest BCUT2D eigenvalue weighted by Crippen LogP contribution is 2.32. The summed E-state index contributed by atoms with van der Waals surface area (Å²) >= 11 is 6.96. The lowest BCUT2D eigenvalue weighted by molar-refractivity contribution is 0.596. The van der Waals surface area contributed by atoms with Gasteiger partial charge in [0.05, 0.1) is 14.8 Å². The number of benzene rings is 1. The molecule has 0 atom stereocenters. The fraction of sp³-hybridized carbons (Fsp3) is 0.0909. The van der Waals surface area contributed by atoms with E-state index < -0.39 is 9.84 Å². The highest BCUT2D eigenvalue weighted by Gasteiger charge is 2.22. The highest BCUT2D eigenvalue weighted by molar-refractivity contribution is 7.91. The van der Waals surface area contributed by atoms with E-state index in [1.54, 1.807) is 24.4 Å². The van der Waals surface area contributed by atoms with E-state index in [0.29, 0.717) is 15.6 Å². The van der Waals surface area contributed by atoms with Crippen molar-refractivity contribution in [2.75, 3.05) is 5.73 Å². The molecule has 0 saturated heterocycles. The van der Waals surface area contributed by atoms with Crippen molar-refractivity contribution in [1.82, 2.24) is 0 Å². The number of thiophene rings is 1. The molecule has 0 spiro atoms. The average molecular weight is 288 g/mol. The van der Waals surface area contributed by atoms with Gasteiger partial charge in [-0.15, -0.1) is 11.3 Å². The summed E-state index contributed by atoms with van der Waals surface area (Å²) in [5.41, 5.74) is 6.27. The number of nitrogens with two attached hydrogens (primary N) is 1. The molecule has 2 aromatic rings. The Hall–Kier alpha value is -1.04. The van der Waals surface area contributed by atoms with Crippen LogP contribution in [-0.4, -0.2) is 8.42 Å². The predicted octanol–water partition coefficient (Wildman–Crippen LogP) is 3.12. The molecule has 0 aliphatic carbocycles. The molecule has 2 rings (SSSR count). The van der Waals surface area contributed by atoms with Crippen LogP contribution in [0.5, 0.6) is 0 Å². The fourth-order valence-electron chi connectivity index (χ4n) is 1.42. The maximum absolute atomic E-state index is 12.3. The molecule has 0 radical (unpaired) electrons. The molecule has 1 heterocycles.